The molecule has 2 aromatic rings. The topological polar surface area (TPSA) is 76.0 Å². The highest BCUT2D eigenvalue weighted by molar-refractivity contribution is 8.16. The summed E-state index contributed by atoms with van der Waals surface area (Å²) in [4.78, 5) is 18.9. The number of rotatable bonds is 5. The Morgan fingerprint density at radius 2 is 1.93 bits per heavy atom. The molecule has 0 spiro atoms. The second kappa shape index (κ2) is 8.61. The minimum atomic E-state index is -3.11. The number of halogens is 1. The van der Waals surface area contributed by atoms with Gasteiger partial charge in [-0.1, -0.05) is 41.6 Å². The third-order valence-electron chi connectivity index (χ3n) is 5.01. The van der Waals surface area contributed by atoms with Gasteiger partial charge in [0.2, 0.25) is 0 Å². The summed E-state index contributed by atoms with van der Waals surface area (Å²) in [6, 6.07) is 14.3. The molecule has 2 saturated heterocycles. The van der Waals surface area contributed by atoms with E-state index >= 15 is 0 Å². The number of anilines is 1. The molecule has 4 rings (SSSR count). The Hall–Kier alpha value is -2.03. The Morgan fingerprint density at radius 3 is 2.63 bits per heavy atom. The molecule has 0 N–H and O–H groups in total. The minimum absolute atomic E-state index is 0.0512. The summed E-state index contributed by atoms with van der Waals surface area (Å²) in [6.45, 7) is 2.47. The lowest BCUT2D eigenvalue weighted by Crippen LogP contribution is -2.37. The van der Waals surface area contributed by atoms with Gasteiger partial charge in [-0.2, -0.15) is 4.99 Å². The number of benzene rings is 2. The molecule has 2 fully saturated rings. The quantitative estimate of drug-likeness (QED) is 0.673. The maximum absolute atomic E-state index is 12.7. The number of hydrogen-bond acceptors (Lipinski definition) is 5. The van der Waals surface area contributed by atoms with E-state index in [2.05, 4.69) is 4.99 Å². The summed E-state index contributed by atoms with van der Waals surface area (Å²) in [6.07, 6.45) is 0.0917. The second-order valence-electron chi connectivity index (χ2n) is 7.15. The van der Waals surface area contributed by atoms with Crippen LogP contribution in [0.5, 0.6) is 5.75 Å². The number of aliphatic imine (C=N–C) groups is 1. The van der Waals surface area contributed by atoms with Crippen LogP contribution in [0.2, 0.25) is 5.02 Å². The van der Waals surface area contributed by atoms with Crippen molar-refractivity contribution < 1.29 is 17.9 Å². The Bertz CT molecular complexity index is 1090. The first-order chi connectivity index (χ1) is 14.4. The Kier molecular flexibility index (Phi) is 6.09. The summed E-state index contributed by atoms with van der Waals surface area (Å²) in [5, 5.41) is 0.908. The molecule has 0 radical (unpaired) electrons. The van der Waals surface area contributed by atoms with Crippen molar-refractivity contribution in [2.45, 2.75) is 24.6 Å². The normalized spacial score (nSPS) is 23.5. The third-order valence-corrected chi connectivity index (χ3v) is 8.59. The average Bonchev–Trinajstić information content (AvgIpc) is 3.15. The van der Waals surface area contributed by atoms with Crippen LogP contribution in [0.3, 0.4) is 0 Å². The third kappa shape index (κ3) is 4.50. The van der Waals surface area contributed by atoms with Crippen molar-refractivity contribution in [3.8, 4) is 5.75 Å². The number of carbonyl (C=O) groups excluding carboxylic acids is 1. The molecule has 2 aliphatic heterocycles. The van der Waals surface area contributed by atoms with Crippen molar-refractivity contribution in [1.82, 2.24) is 0 Å². The van der Waals surface area contributed by atoms with Gasteiger partial charge in [0, 0.05) is 16.0 Å². The predicted molar refractivity (Wildman–Crippen MR) is 122 cm³/mol. The molecule has 2 aliphatic rings. The van der Waals surface area contributed by atoms with Gasteiger partial charge in [0.05, 0.1) is 30.6 Å². The first-order valence-corrected chi connectivity index (χ1v) is 12.7. The van der Waals surface area contributed by atoms with Crippen LogP contribution in [0, 0.1) is 0 Å². The lowest BCUT2D eigenvalue weighted by atomic mass is 10.1. The van der Waals surface area contributed by atoms with Crippen molar-refractivity contribution >= 4 is 50.0 Å². The largest absolute Gasteiger partial charge is 0.494 e. The van der Waals surface area contributed by atoms with Gasteiger partial charge in [-0.3, -0.25) is 4.79 Å². The van der Waals surface area contributed by atoms with Crippen LogP contribution >= 0.6 is 23.4 Å². The molecule has 6 nitrogen and oxygen atoms in total. The van der Waals surface area contributed by atoms with Crippen LogP contribution in [0.15, 0.2) is 53.5 Å². The lowest BCUT2D eigenvalue weighted by Gasteiger charge is -2.24. The summed E-state index contributed by atoms with van der Waals surface area (Å²) < 4.78 is 29.9. The molecule has 0 saturated carbocycles. The maximum Gasteiger partial charge on any atom is 0.252 e. The van der Waals surface area contributed by atoms with E-state index in [0.29, 0.717) is 22.4 Å². The highest BCUT2D eigenvalue weighted by Gasteiger charge is 2.49. The van der Waals surface area contributed by atoms with Gasteiger partial charge in [0.15, 0.2) is 15.0 Å². The van der Waals surface area contributed by atoms with Gasteiger partial charge < -0.3 is 9.64 Å². The highest BCUT2D eigenvalue weighted by atomic mass is 35.5. The molecule has 1 amide bonds. The summed E-state index contributed by atoms with van der Waals surface area (Å²) in [5.41, 5.74) is 1.51. The first-order valence-electron chi connectivity index (χ1n) is 9.60. The van der Waals surface area contributed by atoms with Crippen LogP contribution < -0.4 is 9.64 Å². The maximum atomic E-state index is 12.7. The number of thioether (sulfide) groups is 1. The molecule has 0 bridgehead atoms. The zero-order valence-electron chi connectivity index (χ0n) is 16.3. The smallest absolute Gasteiger partial charge is 0.252 e. The number of amidine groups is 1. The Labute approximate surface area is 185 Å². The number of nitrogens with zero attached hydrogens (tertiary/aromatic N) is 2. The predicted octanol–water partition coefficient (Wildman–Crippen LogP) is 3.58. The fraction of sp³-hybridized carbons (Fsp3) is 0.333. The highest BCUT2D eigenvalue weighted by Crippen LogP contribution is 2.41. The van der Waals surface area contributed by atoms with Crippen LogP contribution in [-0.4, -0.2) is 48.9 Å². The molecule has 0 unspecified atom stereocenters. The van der Waals surface area contributed by atoms with Crippen LogP contribution in [-0.2, 0) is 21.1 Å². The Balaban J connectivity index is 1.63. The van der Waals surface area contributed by atoms with E-state index in [0.717, 1.165) is 11.4 Å². The molecule has 0 aromatic heterocycles. The van der Waals surface area contributed by atoms with E-state index in [1.54, 1.807) is 12.1 Å². The van der Waals surface area contributed by atoms with Crippen molar-refractivity contribution in [3.05, 3.63) is 59.1 Å². The molecule has 2 atom stereocenters. The average molecular weight is 465 g/mol. The van der Waals surface area contributed by atoms with Crippen LogP contribution in [0.4, 0.5) is 5.69 Å². The molecule has 9 heteroatoms. The summed E-state index contributed by atoms with van der Waals surface area (Å²) in [5.74, 6) is 0.560. The van der Waals surface area contributed by atoms with E-state index < -0.39 is 9.84 Å². The van der Waals surface area contributed by atoms with Crippen LogP contribution in [0.1, 0.15) is 12.5 Å². The van der Waals surface area contributed by atoms with Gasteiger partial charge in [-0.25, -0.2) is 8.42 Å². The molecular weight excluding hydrogens is 444 g/mol. The number of hydrogen-bond donors (Lipinski definition) is 0. The number of sulfone groups is 1. The van der Waals surface area contributed by atoms with E-state index in [4.69, 9.17) is 16.3 Å². The lowest BCUT2D eigenvalue weighted by molar-refractivity contribution is -0.117. The van der Waals surface area contributed by atoms with E-state index in [1.165, 1.54) is 11.8 Å². The molecule has 30 heavy (non-hydrogen) atoms. The van der Waals surface area contributed by atoms with Crippen LogP contribution in [0.25, 0.3) is 0 Å². The van der Waals surface area contributed by atoms with Gasteiger partial charge in [-0.05, 0) is 42.8 Å². The standard InChI is InChI=1S/C21H21ClN2O4S2/c1-2-28-16-9-7-15(8-10-16)24-18-12-30(26,27)13-19(18)29-21(24)23-20(25)11-14-5-3-4-6-17(14)22/h3-10,18-19H,2,11-13H2,1H3/t18-,19+/m1/s1. The summed E-state index contributed by atoms with van der Waals surface area (Å²) >= 11 is 7.52. The minimum Gasteiger partial charge on any atom is -0.494 e. The SMILES string of the molecule is CCOc1ccc(N2C(=NC(=O)Cc3ccccc3Cl)S[C@H]3CS(=O)(=O)C[C@H]32)cc1. The number of ether oxygens (including phenoxy) is 1. The van der Waals surface area contributed by atoms with E-state index in [1.807, 2.05) is 48.2 Å². The summed E-state index contributed by atoms with van der Waals surface area (Å²) in [7, 11) is -3.11. The molecule has 2 aromatic carbocycles. The number of fused-ring (bicyclic) bond motifs is 1. The van der Waals surface area contributed by atoms with Crippen molar-refractivity contribution in [3.63, 3.8) is 0 Å². The number of amides is 1. The number of carbonyl (C=O) groups is 1. The van der Waals surface area contributed by atoms with E-state index in [-0.39, 0.29) is 35.1 Å². The Morgan fingerprint density at radius 1 is 1.20 bits per heavy atom. The molecule has 2 heterocycles. The second-order valence-corrected chi connectivity index (χ2v) is 10.9. The van der Waals surface area contributed by atoms with Crippen molar-refractivity contribution in [1.29, 1.82) is 0 Å². The van der Waals surface area contributed by atoms with Crippen molar-refractivity contribution in [2.24, 2.45) is 4.99 Å². The zero-order chi connectivity index (χ0) is 21.3. The van der Waals surface area contributed by atoms with Gasteiger partial charge in [-0.15, -0.1) is 0 Å². The van der Waals surface area contributed by atoms with Gasteiger partial charge >= 0.3 is 0 Å². The fourth-order valence-electron chi connectivity index (χ4n) is 3.69. The molecule has 158 valence electrons. The monoisotopic (exact) mass is 464 g/mol. The fourth-order valence-corrected chi connectivity index (χ4v) is 7.82. The molecule has 0 aliphatic carbocycles. The van der Waals surface area contributed by atoms with Gasteiger partial charge in [0.25, 0.3) is 5.91 Å². The van der Waals surface area contributed by atoms with Gasteiger partial charge in [0.1, 0.15) is 5.75 Å². The van der Waals surface area contributed by atoms with E-state index in [9.17, 15) is 13.2 Å². The zero-order valence-corrected chi connectivity index (χ0v) is 18.7. The van der Waals surface area contributed by atoms with Crippen molar-refractivity contribution in [2.75, 3.05) is 23.0 Å². The molecular formula is C21H21ClN2O4S2. The first kappa shape index (κ1) is 21.2.